The summed E-state index contributed by atoms with van der Waals surface area (Å²) in [7, 11) is 0. The van der Waals surface area contributed by atoms with Crippen LogP contribution >= 0.6 is 0 Å². The molecule has 2 aromatic rings. The van der Waals surface area contributed by atoms with Crippen LogP contribution in [0.25, 0.3) is 0 Å². The standard InChI is InChI=1S/C16H20N2O2/c19-15-7-4-8-16(11-15)20-12-13-9-10-18(17-13)14-5-2-1-3-6-14/h4,7-11,14,19H,1-3,5-6,12H2. The van der Waals surface area contributed by atoms with Gasteiger partial charge in [0.25, 0.3) is 0 Å². The lowest BCUT2D eigenvalue weighted by molar-refractivity contribution is 0.290. The lowest BCUT2D eigenvalue weighted by Gasteiger charge is -2.21. The highest BCUT2D eigenvalue weighted by molar-refractivity contribution is 5.31. The van der Waals surface area contributed by atoms with Crippen molar-refractivity contribution in [3.63, 3.8) is 0 Å². The van der Waals surface area contributed by atoms with Crippen LogP contribution < -0.4 is 4.74 Å². The SMILES string of the molecule is Oc1cccc(OCc2ccn(C3CCCCC3)n2)c1. The average Bonchev–Trinajstić information content (AvgIpc) is 2.95. The van der Waals surface area contributed by atoms with Gasteiger partial charge in [0, 0.05) is 12.3 Å². The van der Waals surface area contributed by atoms with Gasteiger partial charge in [-0.2, -0.15) is 5.10 Å². The molecule has 0 saturated heterocycles. The zero-order valence-corrected chi connectivity index (χ0v) is 11.5. The number of ether oxygens (including phenoxy) is 1. The molecule has 0 amide bonds. The molecule has 0 aliphatic heterocycles. The monoisotopic (exact) mass is 272 g/mol. The fourth-order valence-electron chi connectivity index (χ4n) is 2.73. The van der Waals surface area contributed by atoms with E-state index in [0.717, 1.165) is 5.69 Å². The molecular formula is C16H20N2O2. The second kappa shape index (κ2) is 5.99. The summed E-state index contributed by atoms with van der Waals surface area (Å²) < 4.78 is 7.72. The molecule has 1 fully saturated rings. The topological polar surface area (TPSA) is 47.3 Å². The van der Waals surface area contributed by atoms with Crippen LogP contribution in [-0.2, 0) is 6.61 Å². The third-order valence-electron chi connectivity index (χ3n) is 3.82. The van der Waals surface area contributed by atoms with E-state index in [1.54, 1.807) is 18.2 Å². The Morgan fingerprint density at radius 1 is 1.20 bits per heavy atom. The number of aromatic hydroxyl groups is 1. The first-order valence-electron chi connectivity index (χ1n) is 7.27. The van der Waals surface area contributed by atoms with E-state index in [4.69, 9.17) is 4.74 Å². The minimum atomic E-state index is 0.218. The van der Waals surface area contributed by atoms with Crippen LogP contribution in [0.2, 0.25) is 0 Å². The summed E-state index contributed by atoms with van der Waals surface area (Å²) in [5, 5.41) is 14.0. The number of phenols is 1. The third kappa shape index (κ3) is 3.13. The summed E-state index contributed by atoms with van der Waals surface area (Å²) in [5.41, 5.74) is 0.930. The van der Waals surface area contributed by atoms with Crippen molar-refractivity contribution in [1.82, 2.24) is 9.78 Å². The molecule has 1 aliphatic rings. The predicted molar refractivity (Wildman–Crippen MR) is 76.8 cm³/mol. The summed E-state index contributed by atoms with van der Waals surface area (Å²) >= 11 is 0. The van der Waals surface area contributed by atoms with E-state index in [1.165, 1.54) is 32.1 Å². The smallest absolute Gasteiger partial charge is 0.132 e. The zero-order valence-electron chi connectivity index (χ0n) is 11.5. The maximum absolute atomic E-state index is 9.38. The van der Waals surface area contributed by atoms with Gasteiger partial charge < -0.3 is 9.84 Å². The van der Waals surface area contributed by atoms with Crippen molar-refractivity contribution in [2.45, 2.75) is 44.8 Å². The number of hydrogen-bond acceptors (Lipinski definition) is 3. The molecule has 1 saturated carbocycles. The van der Waals surface area contributed by atoms with Crippen LogP contribution in [0.5, 0.6) is 11.5 Å². The van der Waals surface area contributed by atoms with Crippen molar-refractivity contribution in [3.05, 3.63) is 42.2 Å². The van der Waals surface area contributed by atoms with E-state index in [0.29, 0.717) is 18.4 Å². The fraction of sp³-hybridized carbons (Fsp3) is 0.438. The highest BCUT2D eigenvalue weighted by Crippen LogP contribution is 2.27. The lowest BCUT2D eigenvalue weighted by atomic mass is 9.96. The van der Waals surface area contributed by atoms with Crippen LogP contribution in [0.3, 0.4) is 0 Å². The Hall–Kier alpha value is -1.97. The van der Waals surface area contributed by atoms with E-state index >= 15 is 0 Å². The van der Waals surface area contributed by atoms with Gasteiger partial charge in [-0.1, -0.05) is 25.3 Å². The molecule has 0 radical (unpaired) electrons. The Morgan fingerprint density at radius 3 is 2.85 bits per heavy atom. The van der Waals surface area contributed by atoms with Crippen molar-refractivity contribution in [2.24, 2.45) is 0 Å². The van der Waals surface area contributed by atoms with E-state index in [-0.39, 0.29) is 5.75 Å². The number of aromatic nitrogens is 2. The first-order valence-corrected chi connectivity index (χ1v) is 7.27. The Labute approximate surface area is 119 Å². The highest BCUT2D eigenvalue weighted by atomic mass is 16.5. The molecule has 1 aromatic carbocycles. The van der Waals surface area contributed by atoms with Crippen molar-refractivity contribution >= 4 is 0 Å². The lowest BCUT2D eigenvalue weighted by Crippen LogP contribution is -2.13. The molecule has 3 rings (SSSR count). The minimum absolute atomic E-state index is 0.218. The van der Waals surface area contributed by atoms with Crippen molar-refractivity contribution < 1.29 is 9.84 Å². The Bertz CT molecular complexity index is 559. The van der Waals surface area contributed by atoms with E-state index in [9.17, 15) is 5.11 Å². The van der Waals surface area contributed by atoms with E-state index in [2.05, 4.69) is 16.0 Å². The van der Waals surface area contributed by atoms with Crippen LogP contribution in [0.4, 0.5) is 0 Å². The molecule has 1 aliphatic carbocycles. The van der Waals surface area contributed by atoms with Gasteiger partial charge in [-0.05, 0) is 31.0 Å². The van der Waals surface area contributed by atoms with Crippen molar-refractivity contribution in [1.29, 1.82) is 0 Å². The van der Waals surface area contributed by atoms with Crippen molar-refractivity contribution in [3.8, 4) is 11.5 Å². The molecule has 1 aromatic heterocycles. The maximum atomic E-state index is 9.38. The molecule has 1 N–H and O–H groups in total. The summed E-state index contributed by atoms with van der Waals surface area (Å²) in [6, 6.07) is 9.40. The summed E-state index contributed by atoms with van der Waals surface area (Å²) in [4.78, 5) is 0. The summed E-state index contributed by atoms with van der Waals surface area (Å²) in [5.74, 6) is 0.882. The van der Waals surface area contributed by atoms with Gasteiger partial charge in [-0.15, -0.1) is 0 Å². The molecule has 0 spiro atoms. The van der Waals surface area contributed by atoms with E-state index < -0.39 is 0 Å². The molecule has 4 nitrogen and oxygen atoms in total. The number of hydrogen-bond donors (Lipinski definition) is 1. The number of nitrogens with zero attached hydrogens (tertiary/aromatic N) is 2. The van der Waals surface area contributed by atoms with Crippen molar-refractivity contribution in [2.75, 3.05) is 0 Å². The van der Waals surface area contributed by atoms with Crippen LogP contribution in [0.1, 0.15) is 43.8 Å². The van der Waals surface area contributed by atoms with Gasteiger partial charge in [0.1, 0.15) is 18.1 Å². The Kier molecular flexibility index (Phi) is 3.90. The van der Waals surface area contributed by atoms with Gasteiger partial charge >= 0.3 is 0 Å². The van der Waals surface area contributed by atoms with Gasteiger partial charge in [0.15, 0.2) is 0 Å². The summed E-state index contributed by atoms with van der Waals surface area (Å²) in [6.07, 6.45) is 8.48. The molecular weight excluding hydrogens is 252 g/mol. The van der Waals surface area contributed by atoms with Crippen LogP contribution in [-0.4, -0.2) is 14.9 Å². The molecule has 0 atom stereocenters. The molecule has 1 heterocycles. The maximum Gasteiger partial charge on any atom is 0.132 e. The highest BCUT2D eigenvalue weighted by Gasteiger charge is 2.15. The molecule has 4 heteroatoms. The average molecular weight is 272 g/mol. The first kappa shape index (κ1) is 13.0. The van der Waals surface area contributed by atoms with E-state index in [1.807, 2.05) is 12.1 Å². The quantitative estimate of drug-likeness (QED) is 0.923. The largest absolute Gasteiger partial charge is 0.508 e. The number of phenolic OH excluding ortho intramolecular Hbond substituents is 1. The Balaban J connectivity index is 1.59. The fourth-order valence-corrected chi connectivity index (χ4v) is 2.73. The second-order valence-electron chi connectivity index (χ2n) is 5.36. The van der Waals surface area contributed by atoms with Gasteiger partial charge in [-0.3, -0.25) is 4.68 Å². The molecule has 0 bridgehead atoms. The number of rotatable bonds is 4. The molecule has 20 heavy (non-hydrogen) atoms. The molecule has 0 unspecified atom stereocenters. The zero-order chi connectivity index (χ0) is 13.8. The summed E-state index contributed by atoms with van der Waals surface area (Å²) in [6.45, 7) is 0.434. The van der Waals surface area contributed by atoms with Gasteiger partial charge in [0.2, 0.25) is 0 Å². The Morgan fingerprint density at radius 2 is 2.05 bits per heavy atom. The second-order valence-corrected chi connectivity index (χ2v) is 5.36. The number of benzene rings is 1. The third-order valence-corrected chi connectivity index (χ3v) is 3.82. The minimum Gasteiger partial charge on any atom is -0.508 e. The normalized spacial score (nSPS) is 16.2. The van der Waals surface area contributed by atoms with Gasteiger partial charge in [-0.25, -0.2) is 0 Å². The van der Waals surface area contributed by atoms with Gasteiger partial charge in [0.05, 0.1) is 11.7 Å². The first-order chi connectivity index (χ1) is 9.81. The van der Waals surface area contributed by atoms with Crippen LogP contribution in [0.15, 0.2) is 36.5 Å². The van der Waals surface area contributed by atoms with Crippen LogP contribution in [0, 0.1) is 0 Å². The molecule has 106 valence electrons. The predicted octanol–water partition coefficient (Wildman–Crippen LogP) is 3.67.